The molecule has 0 N–H and O–H groups in total. The van der Waals surface area contributed by atoms with Gasteiger partial charge in [-0.1, -0.05) is 0 Å². The van der Waals surface area contributed by atoms with Gasteiger partial charge in [0.1, 0.15) is 11.5 Å². The first-order chi connectivity index (χ1) is 15.0. The molecule has 0 spiro atoms. The molecule has 1 aromatic heterocycles. The summed E-state index contributed by atoms with van der Waals surface area (Å²) < 4.78 is 21.9. The van der Waals surface area contributed by atoms with E-state index in [0.717, 1.165) is 22.7 Å². The Hall–Kier alpha value is -2.69. The summed E-state index contributed by atoms with van der Waals surface area (Å²) in [5, 5.41) is 0.645. The Morgan fingerprint density at radius 1 is 1.06 bits per heavy atom. The van der Waals surface area contributed by atoms with Gasteiger partial charge in [0.25, 0.3) is 11.8 Å². The molecule has 2 amide bonds. The predicted molar refractivity (Wildman–Crippen MR) is 113 cm³/mol. The molecule has 9 nitrogen and oxygen atoms in total. The lowest BCUT2D eigenvalue weighted by Crippen LogP contribution is -2.38. The van der Waals surface area contributed by atoms with Crippen molar-refractivity contribution < 1.29 is 33.3 Å². The van der Waals surface area contributed by atoms with Crippen molar-refractivity contribution in [2.45, 2.75) is 6.42 Å². The van der Waals surface area contributed by atoms with Crippen LogP contribution in [-0.2, 0) is 14.3 Å². The highest BCUT2D eigenvalue weighted by molar-refractivity contribution is 7.21. The number of imide groups is 1. The molecule has 0 atom stereocenters. The number of amides is 2. The molecular weight excluding hydrogens is 424 g/mol. The maximum atomic E-state index is 12.9. The molecule has 2 aliphatic rings. The molecule has 166 valence electrons. The Balaban J connectivity index is 1.38. The summed E-state index contributed by atoms with van der Waals surface area (Å²) in [4.78, 5) is 41.5. The summed E-state index contributed by atoms with van der Waals surface area (Å²) in [7, 11) is 3.04. The topological polar surface area (TPSA) is 94.6 Å². The maximum absolute atomic E-state index is 12.9. The van der Waals surface area contributed by atoms with Crippen LogP contribution < -0.4 is 9.47 Å². The number of benzene rings is 1. The van der Waals surface area contributed by atoms with Crippen molar-refractivity contribution in [3.8, 4) is 11.5 Å². The molecule has 10 heteroatoms. The van der Waals surface area contributed by atoms with Crippen LogP contribution in [0.1, 0.15) is 26.5 Å². The van der Waals surface area contributed by atoms with Gasteiger partial charge in [0.2, 0.25) is 0 Å². The number of thiophene rings is 1. The van der Waals surface area contributed by atoms with Crippen LogP contribution in [-0.4, -0.2) is 87.8 Å². The highest BCUT2D eigenvalue weighted by Crippen LogP contribution is 2.42. The second kappa shape index (κ2) is 9.21. The van der Waals surface area contributed by atoms with Crippen molar-refractivity contribution in [1.82, 2.24) is 9.80 Å². The van der Waals surface area contributed by atoms with Crippen LogP contribution in [0.25, 0.3) is 10.1 Å². The molecule has 0 aliphatic carbocycles. The molecule has 1 saturated heterocycles. The monoisotopic (exact) mass is 448 g/mol. The lowest BCUT2D eigenvalue weighted by atomic mass is 10.1. The summed E-state index contributed by atoms with van der Waals surface area (Å²) in [5.74, 6) is -0.204. The number of esters is 1. The molecule has 1 fully saturated rings. The Morgan fingerprint density at radius 2 is 1.77 bits per heavy atom. The summed E-state index contributed by atoms with van der Waals surface area (Å²) in [6, 6.07) is 3.46. The normalized spacial score (nSPS) is 16.6. The minimum absolute atomic E-state index is 0.00969. The second-order valence-corrected chi connectivity index (χ2v) is 8.25. The molecule has 1 aromatic carbocycles. The van der Waals surface area contributed by atoms with E-state index in [0.29, 0.717) is 47.1 Å². The molecule has 0 radical (unpaired) electrons. The number of nitrogens with zero attached hydrogens (tertiary/aromatic N) is 2. The zero-order valence-corrected chi connectivity index (χ0v) is 18.3. The van der Waals surface area contributed by atoms with Gasteiger partial charge >= 0.3 is 5.97 Å². The molecule has 2 aliphatic heterocycles. The minimum Gasteiger partial charge on any atom is -0.493 e. The molecular formula is C21H24N2O7S. The van der Waals surface area contributed by atoms with E-state index >= 15 is 0 Å². The summed E-state index contributed by atoms with van der Waals surface area (Å²) in [6.07, 6.45) is -0.0371. The first-order valence-corrected chi connectivity index (χ1v) is 10.9. The van der Waals surface area contributed by atoms with E-state index in [1.165, 1.54) is 25.6 Å². The average Bonchev–Trinajstić information content (AvgIpc) is 3.26. The summed E-state index contributed by atoms with van der Waals surface area (Å²) in [5.41, 5.74) is 0.353. The van der Waals surface area contributed by atoms with Crippen LogP contribution in [0.15, 0.2) is 12.1 Å². The van der Waals surface area contributed by atoms with Gasteiger partial charge in [0, 0.05) is 42.3 Å². The second-order valence-electron chi connectivity index (χ2n) is 7.20. The van der Waals surface area contributed by atoms with Gasteiger partial charge in [-0.15, -0.1) is 11.3 Å². The Bertz CT molecular complexity index is 1010. The number of fused-ring (bicyclic) bond motifs is 3. The number of hydrogen-bond donors (Lipinski definition) is 0. The number of hydrogen-bond acceptors (Lipinski definition) is 9. The van der Waals surface area contributed by atoms with Gasteiger partial charge in [-0.2, -0.15) is 0 Å². The Labute approximate surface area is 183 Å². The van der Waals surface area contributed by atoms with E-state index in [-0.39, 0.29) is 25.5 Å². The van der Waals surface area contributed by atoms with Crippen LogP contribution >= 0.6 is 11.3 Å². The molecule has 0 bridgehead atoms. The summed E-state index contributed by atoms with van der Waals surface area (Å²) >= 11 is 1.24. The number of carbonyl (C=O) groups excluding carboxylic acids is 3. The third-order valence-electron chi connectivity index (χ3n) is 5.41. The van der Waals surface area contributed by atoms with E-state index in [4.69, 9.17) is 18.9 Å². The van der Waals surface area contributed by atoms with Crippen molar-refractivity contribution in [3.05, 3.63) is 22.6 Å². The molecule has 0 unspecified atom stereocenters. The van der Waals surface area contributed by atoms with E-state index in [1.807, 2.05) is 0 Å². The van der Waals surface area contributed by atoms with E-state index in [1.54, 1.807) is 12.1 Å². The summed E-state index contributed by atoms with van der Waals surface area (Å²) in [6.45, 7) is 3.92. The highest BCUT2D eigenvalue weighted by atomic mass is 32.1. The minimum atomic E-state index is -0.430. The molecule has 31 heavy (non-hydrogen) atoms. The van der Waals surface area contributed by atoms with Crippen molar-refractivity contribution in [2.75, 3.05) is 60.2 Å². The van der Waals surface area contributed by atoms with Gasteiger partial charge in [-0.3, -0.25) is 24.2 Å². The zero-order chi connectivity index (χ0) is 22.0. The average molecular weight is 448 g/mol. The van der Waals surface area contributed by atoms with Gasteiger partial charge in [0.05, 0.1) is 39.4 Å². The number of ether oxygens (including phenoxy) is 4. The fourth-order valence-electron chi connectivity index (χ4n) is 3.73. The van der Waals surface area contributed by atoms with E-state index < -0.39 is 11.9 Å². The first-order valence-electron chi connectivity index (χ1n) is 10.0. The van der Waals surface area contributed by atoms with E-state index in [2.05, 4.69) is 4.90 Å². The van der Waals surface area contributed by atoms with Crippen molar-refractivity contribution in [2.24, 2.45) is 0 Å². The van der Waals surface area contributed by atoms with Gasteiger partial charge in [-0.05, 0) is 6.07 Å². The fraction of sp³-hybridized carbons (Fsp3) is 0.476. The van der Waals surface area contributed by atoms with Gasteiger partial charge < -0.3 is 18.9 Å². The number of carbonyl (C=O) groups is 3. The molecule has 3 heterocycles. The van der Waals surface area contributed by atoms with Crippen LogP contribution in [0, 0.1) is 0 Å². The van der Waals surface area contributed by atoms with E-state index in [9.17, 15) is 14.4 Å². The standard InChI is InChI=1S/C21H24N2O7S/c1-27-14-11-13-16(12-15(14)28-2)31-19-18(13)20(25)23(21(19)26)4-3-17(24)30-10-7-22-5-8-29-9-6-22/h11-12H,3-10H2,1-2H3. The highest BCUT2D eigenvalue weighted by Gasteiger charge is 2.39. The Morgan fingerprint density at radius 3 is 2.48 bits per heavy atom. The van der Waals surface area contributed by atoms with Gasteiger partial charge in [0.15, 0.2) is 11.5 Å². The van der Waals surface area contributed by atoms with Gasteiger partial charge in [-0.25, -0.2) is 0 Å². The number of rotatable bonds is 8. The Kier molecular flexibility index (Phi) is 6.40. The largest absolute Gasteiger partial charge is 0.493 e. The third-order valence-corrected chi connectivity index (χ3v) is 6.55. The molecule has 2 aromatic rings. The third kappa shape index (κ3) is 4.23. The lowest BCUT2D eigenvalue weighted by molar-refractivity contribution is -0.144. The number of methoxy groups -OCH3 is 2. The van der Waals surface area contributed by atoms with Crippen molar-refractivity contribution >= 4 is 39.2 Å². The van der Waals surface area contributed by atoms with Crippen LogP contribution in [0.3, 0.4) is 0 Å². The predicted octanol–water partition coefficient (Wildman–Crippen LogP) is 1.78. The first kappa shape index (κ1) is 21.5. The van der Waals surface area contributed by atoms with Crippen LogP contribution in [0.4, 0.5) is 0 Å². The van der Waals surface area contributed by atoms with Crippen molar-refractivity contribution in [3.63, 3.8) is 0 Å². The maximum Gasteiger partial charge on any atom is 0.307 e. The molecule has 4 rings (SSSR count). The van der Waals surface area contributed by atoms with Crippen LogP contribution in [0.5, 0.6) is 11.5 Å². The molecule has 0 saturated carbocycles. The zero-order valence-electron chi connectivity index (χ0n) is 17.5. The quantitative estimate of drug-likeness (QED) is 0.446. The SMILES string of the molecule is COc1cc2sc3c(c2cc1OC)C(=O)N(CCC(=O)OCCN1CCOCC1)C3=O. The smallest absolute Gasteiger partial charge is 0.307 e. The van der Waals surface area contributed by atoms with Crippen LogP contribution in [0.2, 0.25) is 0 Å². The lowest BCUT2D eigenvalue weighted by Gasteiger charge is -2.26. The fourth-order valence-corrected chi connectivity index (χ4v) is 4.88. The number of morpholine rings is 1. The van der Waals surface area contributed by atoms with Crippen molar-refractivity contribution in [1.29, 1.82) is 0 Å².